The first-order chi connectivity index (χ1) is 36.7. The van der Waals surface area contributed by atoms with Crippen molar-refractivity contribution in [3.8, 4) is 11.1 Å². The second-order valence-corrected chi connectivity index (χ2v) is 18.8. The molecule has 356 valence electrons. The molecule has 14 rings (SSSR count). The van der Waals surface area contributed by atoms with E-state index in [1.54, 1.807) is 0 Å². The molecule has 74 heavy (non-hydrogen) atoms. The Morgan fingerprint density at radius 2 is 1.04 bits per heavy atom. The van der Waals surface area contributed by atoms with Crippen LogP contribution in [0.2, 0.25) is 0 Å². The normalized spacial score (nSPS) is 19.6. The Hall–Kier alpha value is -9.65. The van der Waals surface area contributed by atoms with Gasteiger partial charge in [0.05, 0.1) is 40.5 Å². The molecule has 0 radical (unpaired) electrons. The Morgan fingerprint density at radius 1 is 0.459 bits per heavy atom. The van der Waals surface area contributed by atoms with Gasteiger partial charge in [-0.15, -0.1) is 0 Å². The first kappa shape index (κ1) is 43.2. The zero-order chi connectivity index (χ0) is 49.0. The van der Waals surface area contributed by atoms with Gasteiger partial charge in [0.1, 0.15) is 47.9 Å². The minimum Gasteiger partial charge on any atom is -0.382 e. The zero-order valence-electron chi connectivity index (χ0n) is 40.0. The monoisotopic (exact) mass is 960 g/mol. The molecular weight excluding hydrogens is 913 g/mol. The van der Waals surface area contributed by atoms with Crippen LogP contribution in [0.1, 0.15) is 46.9 Å². The number of aliphatic imine (C=N–C) groups is 5. The van der Waals surface area contributed by atoms with E-state index >= 15 is 0 Å². The summed E-state index contributed by atoms with van der Waals surface area (Å²) in [5.74, 6) is 2.92. The fourth-order valence-corrected chi connectivity index (χ4v) is 10.7. The molecule has 12 nitrogen and oxygen atoms in total. The number of fused-ring (bicyclic) bond motifs is 6. The van der Waals surface area contributed by atoms with Gasteiger partial charge in [0.2, 0.25) is 0 Å². The molecule has 10 aromatic rings. The summed E-state index contributed by atoms with van der Waals surface area (Å²) < 4.78 is 4.62. The highest BCUT2D eigenvalue weighted by molar-refractivity contribution is 6.18. The molecule has 12 heteroatoms. The molecule has 0 bridgehead atoms. The highest BCUT2D eigenvalue weighted by atomic mass is 15.3. The van der Waals surface area contributed by atoms with Crippen molar-refractivity contribution >= 4 is 73.2 Å². The van der Waals surface area contributed by atoms with Crippen molar-refractivity contribution in [2.45, 2.75) is 24.7 Å². The minimum absolute atomic E-state index is 0.163. The van der Waals surface area contributed by atoms with Crippen LogP contribution in [0.3, 0.4) is 0 Å². The number of aromatic nitrogens is 2. The number of hydrogen-bond acceptors (Lipinski definition) is 10. The number of benzene rings is 8. The average molecular weight is 961 g/mol. The van der Waals surface area contributed by atoms with Crippen LogP contribution in [0.4, 0.5) is 0 Å². The van der Waals surface area contributed by atoms with Gasteiger partial charge in [-0.05, 0) is 64.2 Å². The molecule has 0 saturated heterocycles. The third-order valence-electron chi connectivity index (χ3n) is 14.2. The Kier molecular flexibility index (Phi) is 10.6. The number of hydrogen-bond donors (Lipinski definition) is 5. The Bertz CT molecular complexity index is 4030. The lowest BCUT2D eigenvalue weighted by Crippen LogP contribution is -2.48. The van der Waals surface area contributed by atoms with Gasteiger partial charge in [-0.25, -0.2) is 20.0 Å². The van der Waals surface area contributed by atoms with E-state index < -0.39 is 0 Å². The van der Waals surface area contributed by atoms with E-state index in [-0.39, 0.29) is 24.7 Å². The van der Waals surface area contributed by atoms with E-state index in [1.807, 2.05) is 67.1 Å². The van der Waals surface area contributed by atoms with E-state index in [0.29, 0.717) is 18.1 Å². The lowest BCUT2D eigenvalue weighted by molar-refractivity contribution is 0.406. The highest BCUT2D eigenvalue weighted by Gasteiger charge is 2.30. The van der Waals surface area contributed by atoms with Crippen LogP contribution < -0.4 is 26.6 Å². The molecule has 8 aromatic carbocycles. The van der Waals surface area contributed by atoms with Crippen LogP contribution >= 0.6 is 0 Å². The van der Waals surface area contributed by atoms with Gasteiger partial charge >= 0.3 is 0 Å². The first-order valence-corrected chi connectivity index (χ1v) is 25.0. The van der Waals surface area contributed by atoms with Crippen molar-refractivity contribution in [1.29, 1.82) is 0 Å². The summed E-state index contributed by atoms with van der Waals surface area (Å²) in [5.41, 5.74) is 12.3. The third kappa shape index (κ3) is 7.72. The van der Waals surface area contributed by atoms with Gasteiger partial charge in [0.25, 0.3) is 0 Å². The molecule has 4 atom stereocenters. The first-order valence-electron chi connectivity index (χ1n) is 25.0. The zero-order valence-corrected chi connectivity index (χ0v) is 40.0. The number of amidine groups is 3. The van der Waals surface area contributed by atoms with E-state index in [2.05, 4.69) is 193 Å². The van der Waals surface area contributed by atoms with Gasteiger partial charge in [-0.1, -0.05) is 170 Å². The van der Waals surface area contributed by atoms with Crippen LogP contribution in [0, 0.1) is 0 Å². The lowest BCUT2D eigenvalue weighted by atomic mass is 10.0. The highest BCUT2D eigenvalue weighted by Crippen LogP contribution is 2.38. The SMILES string of the molecule is C1=NC=C(C2=NC(c3ccccc3)NC(c3ccccc3)N2)NC1n1c2ccccc2c2cc(-c3ccc4c(c3)c3ccccc3n4C3=NC(C4=NC(c5ccccc5)NC(c5ccccc5)=N4)=CNC3)ccc21. The van der Waals surface area contributed by atoms with E-state index in [9.17, 15) is 0 Å². The van der Waals surface area contributed by atoms with Crippen LogP contribution in [0.5, 0.6) is 0 Å². The van der Waals surface area contributed by atoms with Crippen LogP contribution in [-0.2, 0) is 0 Å². The van der Waals surface area contributed by atoms with Crippen molar-refractivity contribution in [3.63, 3.8) is 0 Å². The standard InChI is InChI=1S/C62H48N12/c1-5-17-39(18-6-1)57-67-58(40-19-7-2-8-20-40)70-61(69-57)49-35-63-37-55(65-49)73-51-27-15-13-25-45(51)47-33-43(29-31-53(47)73)44-30-32-54-48(34-44)46-26-14-16-28-52(46)74(54)56-38-64-36-50(66-56)62-71-59(41-21-9-3-10-22-41)68-60(72-62)42-23-11-4-12-24-42/h1-37,55,57-59,64-65,67H,38H2,(H,69,70)(H,68,71,72). The van der Waals surface area contributed by atoms with Crippen LogP contribution in [0.15, 0.2) is 255 Å². The predicted octanol–water partition coefficient (Wildman–Crippen LogP) is 11.4. The Balaban J connectivity index is 0.803. The Labute approximate surface area is 426 Å². The van der Waals surface area contributed by atoms with Gasteiger partial charge < -0.3 is 25.8 Å². The van der Waals surface area contributed by atoms with E-state index in [4.69, 9.17) is 25.0 Å². The smallest absolute Gasteiger partial charge is 0.179 e. The van der Waals surface area contributed by atoms with Crippen LogP contribution in [0.25, 0.3) is 54.7 Å². The minimum atomic E-state index is -0.328. The van der Waals surface area contributed by atoms with Gasteiger partial charge in [-0.2, -0.15) is 0 Å². The molecule has 5 N–H and O–H groups in total. The molecule has 0 fully saturated rings. The molecule has 0 aliphatic carbocycles. The largest absolute Gasteiger partial charge is 0.382 e. The summed E-state index contributed by atoms with van der Waals surface area (Å²) in [6, 6.07) is 72.0. The maximum atomic E-state index is 5.33. The molecule has 6 heterocycles. The van der Waals surface area contributed by atoms with Gasteiger partial charge in [0.15, 0.2) is 5.84 Å². The molecule has 4 aliphatic heterocycles. The van der Waals surface area contributed by atoms with Crippen molar-refractivity contribution in [2.24, 2.45) is 25.0 Å². The van der Waals surface area contributed by atoms with Crippen molar-refractivity contribution < 1.29 is 0 Å². The van der Waals surface area contributed by atoms with Crippen molar-refractivity contribution in [3.05, 3.63) is 252 Å². The average Bonchev–Trinajstić information content (AvgIpc) is 4.00. The maximum absolute atomic E-state index is 5.33. The molecular formula is C62H48N12. The maximum Gasteiger partial charge on any atom is 0.179 e. The number of nitrogens with one attached hydrogen (secondary N) is 5. The predicted molar refractivity (Wildman–Crippen MR) is 300 cm³/mol. The number of nitrogens with zero attached hydrogens (tertiary/aromatic N) is 7. The third-order valence-corrected chi connectivity index (χ3v) is 14.2. The summed E-state index contributed by atoms with van der Waals surface area (Å²) in [7, 11) is 0. The molecule has 4 unspecified atom stereocenters. The van der Waals surface area contributed by atoms with Gasteiger partial charge in [-0.3, -0.25) is 14.9 Å². The quantitative estimate of drug-likeness (QED) is 0.103. The second kappa shape index (κ2) is 18.2. The molecule has 0 spiro atoms. The summed E-state index contributed by atoms with van der Waals surface area (Å²) in [6.07, 6.45) is 4.73. The van der Waals surface area contributed by atoms with Gasteiger partial charge in [0, 0.05) is 39.5 Å². The molecule has 0 amide bonds. The molecule has 2 aromatic heterocycles. The topological polar surface area (TPSA) is 132 Å². The summed E-state index contributed by atoms with van der Waals surface area (Å²) in [5, 5.41) is 22.9. The summed E-state index contributed by atoms with van der Waals surface area (Å²) in [6.45, 7) is 0.532. The Morgan fingerprint density at radius 3 is 1.77 bits per heavy atom. The fraction of sp³-hybridized carbons (Fsp3) is 0.0806. The number of para-hydroxylation sites is 2. The second-order valence-electron chi connectivity index (χ2n) is 18.8. The van der Waals surface area contributed by atoms with Crippen molar-refractivity contribution in [2.75, 3.05) is 6.54 Å². The lowest BCUT2D eigenvalue weighted by Gasteiger charge is -2.34. The van der Waals surface area contributed by atoms with Crippen LogP contribution in [-0.4, -0.2) is 45.2 Å². The molecule has 4 aliphatic rings. The molecule has 0 saturated carbocycles. The van der Waals surface area contributed by atoms with Crippen molar-refractivity contribution in [1.82, 2.24) is 35.7 Å². The van der Waals surface area contributed by atoms with E-state index in [0.717, 1.165) is 94.8 Å². The summed E-state index contributed by atoms with van der Waals surface area (Å²) in [4.78, 5) is 25.6. The number of rotatable bonds is 8. The summed E-state index contributed by atoms with van der Waals surface area (Å²) >= 11 is 0. The fourth-order valence-electron chi connectivity index (χ4n) is 10.7. The van der Waals surface area contributed by atoms with E-state index in [1.165, 1.54) is 5.39 Å².